The Labute approximate surface area is 221 Å². The highest BCUT2D eigenvalue weighted by molar-refractivity contribution is 5.85. The van der Waals surface area contributed by atoms with E-state index in [-0.39, 0.29) is 47.3 Å². The van der Waals surface area contributed by atoms with Gasteiger partial charge in [-0.3, -0.25) is 0 Å². The van der Waals surface area contributed by atoms with Gasteiger partial charge < -0.3 is 29.2 Å². The standard InChI is InChI=1S/C30H46O7/c1-17-27(32)24(34-4)15-26(36-17)37-20-7-10-28(2)19(14-20)5-6-23-22(28)8-11-29(3)21(9-12-30(23,29)33)18-13-25(31)35-16-18/h13,17,19-24,26-27,32-33H,5-12,14-16H2,1-4H3/t17-,19-,20+,21-,22+,23-,24+,26?,27+,28+,29-,30+/m1/s1. The van der Waals surface area contributed by atoms with Gasteiger partial charge in [-0.15, -0.1) is 0 Å². The number of hydrogen-bond acceptors (Lipinski definition) is 7. The smallest absolute Gasteiger partial charge is 0.331 e. The fraction of sp³-hybridized carbons (Fsp3) is 0.900. The number of carbonyl (C=O) groups excluding carboxylic acids is 1. The molecule has 1 saturated heterocycles. The van der Waals surface area contributed by atoms with Gasteiger partial charge in [-0.1, -0.05) is 13.8 Å². The quantitative estimate of drug-likeness (QED) is 0.427. The van der Waals surface area contributed by atoms with Crippen LogP contribution in [-0.2, 0) is 23.7 Å². The first-order chi connectivity index (χ1) is 17.6. The highest BCUT2D eigenvalue weighted by Crippen LogP contribution is 2.70. The molecular formula is C30H46O7. The minimum atomic E-state index is -0.670. The van der Waals surface area contributed by atoms with Gasteiger partial charge >= 0.3 is 5.97 Å². The molecule has 0 spiro atoms. The molecule has 7 heteroatoms. The van der Waals surface area contributed by atoms with Crippen LogP contribution in [0.1, 0.15) is 85.0 Å². The van der Waals surface area contributed by atoms with Crippen molar-refractivity contribution in [3.63, 3.8) is 0 Å². The van der Waals surface area contributed by atoms with E-state index in [1.54, 1.807) is 13.2 Å². The predicted molar refractivity (Wildman–Crippen MR) is 136 cm³/mol. The van der Waals surface area contributed by atoms with E-state index in [1.165, 1.54) is 0 Å². The normalized spacial score (nSPS) is 53.6. The molecule has 6 rings (SSSR count). The van der Waals surface area contributed by atoms with Crippen LogP contribution in [-0.4, -0.2) is 66.2 Å². The van der Waals surface area contributed by atoms with Gasteiger partial charge in [0.25, 0.3) is 0 Å². The van der Waals surface area contributed by atoms with Gasteiger partial charge in [0.1, 0.15) is 12.7 Å². The second-order valence-corrected chi connectivity index (χ2v) is 13.6. The summed E-state index contributed by atoms with van der Waals surface area (Å²) in [5, 5.41) is 22.7. The van der Waals surface area contributed by atoms with Gasteiger partial charge in [0, 0.05) is 25.0 Å². The summed E-state index contributed by atoms with van der Waals surface area (Å²) in [5.41, 5.74) is 0.461. The Balaban J connectivity index is 1.15. The number of fused-ring (bicyclic) bond motifs is 5. The Morgan fingerprint density at radius 3 is 2.57 bits per heavy atom. The summed E-state index contributed by atoms with van der Waals surface area (Å²) in [5.74, 6) is 1.45. The Morgan fingerprint density at radius 1 is 1.03 bits per heavy atom. The van der Waals surface area contributed by atoms with Crippen molar-refractivity contribution >= 4 is 5.97 Å². The summed E-state index contributed by atoms with van der Waals surface area (Å²) in [4.78, 5) is 11.8. The third kappa shape index (κ3) is 3.97. The third-order valence-corrected chi connectivity index (χ3v) is 12.2. The molecule has 0 aromatic rings. The number of hydrogen-bond donors (Lipinski definition) is 2. The second kappa shape index (κ2) is 9.29. The summed E-state index contributed by atoms with van der Waals surface area (Å²) in [7, 11) is 1.64. The Bertz CT molecular complexity index is 935. The van der Waals surface area contributed by atoms with Gasteiger partial charge in [-0.25, -0.2) is 4.79 Å². The number of methoxy groups -OCH3 is 1. The van der Waals surface area contributed by atoms with E-state index >= 15 is 0 Å². The van der Waals surface area contributed by atoms with Crippen molar-refractivity contribution in [2.75, 3.05) is 13.7 Å². The summed E-state index contributed by atoms with van der Waals surface area (Å²) in [6.07, 6.45) is 10.2. The predicted octanol–water partition coefficient (Wildman–Crippen LogP) is 4.14. The zero-order valence-electron chi connectivity index (χ0n) is 23.0. The Kier molecular flexibility index (Phi) is 6.59. The highest BCUT2D eigenvalue weighted by Gasteiger charge is 2.67. The van der Waals surface area contributed by atoms with Crippen LogP contribution in [0.15, 0.2) is 11.6 Å². The second-order valence-electron chi connectivity index (χ2n) is 13.6. The van der Waals surface area contributed by atoms with Gasteiger partial charge in [-0.2, -0.15) is 0 Å². The number of ether oxygens (including phenoxy) is 4. The zero-order valence-corrected chi connectivity index (χ0v) is 23.0. The molecule has 0 bridgehead atoms. The van der Waals surface area contributed by atoms with E-state index in [2.05, 4.69) is 13.8 Å². The van der Waals surface area contributed by atoms with Gasteiger partial charge in [0.05, 0.1) is 23.9 Å². The van der Waals surface area contributed by atoms with Gasteiger partial charge in [0.15, 0.2) is 6.29 Å². The van der Waals surface area contributed by atoms with E-state index in [0.717, 1.165) is 63.4 Å². The van der Waals surface area contributed by atoms with Crippen LogP contribution in [0.25, 0.3) is 0 Å². The summed E-state index contributed by atoms with van der Waals surface area (Å²) in [6, 6.07) is 0. The largest absolute Gasteiger partial charge is 0.458 e. The zero-order chi connectivity index (χ0) is 26.2. The fourth-order valence-corrected chi connectivity index (χ4v) is 10.0. The van der Waals surface area contributed by atoms with E-state index in [0.29, 0.717) is 30.8 Å². The van der Waals surface area contributed by atoms with Gasteiger partial charge in [0.2, 0.25) is 0 Å². The lowest BCUT2D eigenvalue weighted by Gasteiger charge is -2.64. The SMILES string of the molecule is CO[C@H]1CC(O[C@H]2CC[C@@]3(C)[C@H](CC[C@@H]4[C@@H]3CC[C@]3(C)[C@@H](C5=CC(=O)OC5)CC[C@]43O)C2)O[C@H](C)[C@@H]1O. The molecule has 2 N–H and O–H groups in total. The lowest BCUT2D eigenvalue weighted by molar-refractivity contribution is -0.273. The first-order valence-corrected chi connectivity index (χ1v) is 14.7. The molecule has 4 aliphatic carbocycles. The molecule has 2 heterocycles. The number of esters is 1. The molecule has 4 saturated carbocycles. The molecular weight excluding hydrogens is 472 g/mol. The number of rotatable bonds is 4. The van der Waals surface area contributed by atoms with Crippen molar-refractivity contribution in [1.82, 2.24) is 0 Å². The Hall–Kier alpha value is -0.990. The van der Waals surface area contributed by atoms with Crippen LogP contribution in [0.2, 0.25) is 0 Å². The van der Waals surface area contributed by atoms with E-state index in [9.17, 15) is 15.0 Å². The van der Waals surface area contributed by atoms with Crippen LogP contribution in [0.4, 0.5) is 0 Å². The molecule has 0 aromatic heterocycles. The third-order valence-electron chi connectivity index (χ3n) is 12.2. The van der Waals surface area contributed by atoms with Crippen LogP contribution in [0, 0.1) is 34.5 Å². The number of carbonyl (C=O) groups is 1. The van der Waals surface area contributed by atoms with E-state index < -0.39 is 11.7 Å². The van der Waals surface area contributed by atoms with E-state index in [4.69, 9.17) is 18.9 Å². The molecule has 6 aliphatic rings. The fourth-order valence-electron chi connectivity index (χ4n) is 10.0. The molecule has 5 fully saturated rings. The number of aliphatic hydroxyl groups is 2. The lowest BCUT2D eigenvalue weighted by atomic mass is 9.43. The van der Waals surface area contributed by atoms with Gasteiger partial charge in [-0.05, 0) is 99.4 Å². The molecule has 2 aliphatic heterocycles. The van der Waals surface area contributed by atoms with Crippen molar-refractivity contribution < 1.29 is 34.0 Å². The van der Waals surface area contributed by atoms with Crippen molar-refractivity contribution in [3.05, 3.63) is 11.6 Å². The average molecular weight is 519 g/mol. The van der Waals surface area contributed by atoms with Crippen LogP contribution in [0.5, 0.6) is 0 Å². The summed E-state index contributed by atoms with van der Waals surface area (Å²) >= 11 is 0. The highest BCUT2D eigenvalue weighted by atomic mass is 16.7. The minimum Gasteiger partial charge on any atom is -0.458 e. The topological polar surface area (TPSA) is 94.5 Å². The first-order valence-electron chi connectivity index (χ1n) is 14.7. The molecule has 7 nitrogen and oxygen atoms in total. The molecule has 0 radical (unpaired) electrons. The minimum absolute atomic E-state index is 0.166. The molecule has 1 unspecified atom stereocenters. The number of cyclic esters (lactones) is 1. The Morgan fingerprint density at radius 2 is 1.84 bits per heavy atom. The van der Waals surface area contributed by atoms with Crippen LogP contribution < -0.4 is 0 Å². The van der Waals surface area contributed by atoms with E-state index in [1.807, 2.05) is 6.92 Å². The molecule has 12 atom stereocenters. The maximum Gasteiger partial charge on any atom is 0.331 e. The maximum absolute atomic E-state index is 12.4. The lowest BCUT2D eigenvalue weighted by Crippen LogP contribution is -2.62. The van der Waals surface area contributed by atoms with Crippen molar-refractivity contribution in [3.8, 4) is 0 Å². The maximum atomic E-state index is 12.4. The van der Waals surface area contributed by atoms with Crippen LogP contribution in [0.3, 0.4) is 0 Å². The molecule has 0 aromatic carbocycles. The van der Waals surface area contributed by atoms with Crippen LogP contribution >= 0.6 is 0 Å². The van der Waals surface area contributed by atoms with Crippen molar-refractivity contribution in [1.29, 1.82) is 0 Å². The van der Waals surface area contributed by atoms with Crippen molar-refractivity contribution in [2.45, 2.75) is 121 Å². The summed E-state index contributed by atoms with van der Waals surface area (Å²) in [6.45, 7) is 7.07. The molecule has 37 heavy (non-hydrogen) atoms. The molecule has 0 amide bonds. The first kappa shape index (κ1) is 26.2. The monoisotopic (exact) mass is 518 g/mol. The van der Waals surface area contributed by atoms with Crippen molar-refractivity contribution in [2.24, 2.45) is 34.5 Å². The number of aliphatic hydroxyl groups excluding tert-OH is 1. The summed E-state index contributed by atoms with van der Waals surface area (Å²) < 4.78 is 23.2. The average Bonchev–Trinajstić information content (AvgIpc) is 3.41. The molecule has 208 valence electrons.